The lowest BCUT2D eigenvalue weighted by Crippen LogP contribution is -1.82. The number of azo groups is 1. The van der Waals surface area contributed by atoms with Crippen LogP contribution in [0.1, 0.15) is 5.56 Å². The average molecular weight is 305 g/mol. The highest BCUT2D eigenvalue weighted by Gasteiger charge is 2.11. The number of nitrogen functional groups attached to an aromatic ring is 1. The summed E-state index contributed by atoms with van der Waals surface area (Å²) in [7, 11) is 0. The predicted octanol–water partition coefficient (Wildman–Crippen LogP) is 4.68. The van der Waals surface area contributed by atoms with Crippen molar-refractivity contribution in [2.45, 2.75) is 0 Å². The van der Waals surface area contributed by atoms with Crippen molar-refractivity contribution >= 4 is 27.2 Å². The van der Waals surface area contributed by atoms with Crippen LogP contribution in [0.4, 0.5) is 15.8 Å². The Balaban J connectivity index is 1.92. The Bertz CT molecular complexity index is 844. The Kier molecular flexibility index (Phi) is 3.90. The summed E-state index contributed by atoms with van der Waals surface area (Å²) >= 11 is 1.29. The molecular formula is C16H11N5S. The highest BCUT2D eigenvalue weighted by molar-refractivity contribution is 7.19. The van der Waals surface area contributed by atoms with Crippen molar-refractivity contribution in [1.82, 2.24) is 4.98 Å². The van der Waals surface area contributed by atoms with Gasteiger partial charge in [0.2, 0.25) is 0 Å². The number of nitriles is 1. The molecule has 0 unspecified atom stereocenters. The molecule has 1 aromatic heterocycles. The Hall–Kier alpha value is -3.04. The lowest BCUT2D eigenvalue weighted by atomic mass is 10.2. The largest absolute Gasteiger partial charge is 0.375 e. The second-order valence-corrected chi connectivity index (χ2v) is 5.44. The number of nitrogens with zero attached hydrogens (tertiary/aromatic N) is 4. The summed E-state index contributed by atoms with van der Waals surface area (Å²) in [6.07, 6.45) is 0. The highest BCUT2D eigenvalue weighted by atomic mass is 32.1. The van der Waals surface area contributed by atoms with Crippen molar-refractivity contribution in [3.63, 3.8) is 0 Å². The highest BCUT2D eigenvalue weighted by Crippen LogP contribution is 2.37. The predicted molar refractivity (Wildman–Crippen MR) is 87.3 cm³/mol. The SMILES string of the molecule is N#Cc1ccc(N=Nc2sc(N)nc2-c2ccccc2)cc1. The van der Waals surface area contributed by atoms with E-state index in [0.717, 1.165) is 11.3 Å². The van der Waals surface area contributed by atoms with Crippen LogP contribution in [0.15, 0.2) is 64.8 Å². The Morgan fingerprint density at radius 3 is 2.41 bits per heavy atom. The van der Waals surface area contributed by atoms with E-state index in [2.05, 4.69) is 21.3 Å². The fourth-order valence-electron chi connectivity index (χ4n) is 1.89. The Morgan fingerprint density at radius 2 is 1.73 bits per heavy atom. The number of hydrogen-bond donors (Lipinski definition) is 1. The first-order valence-corrected chi connectivity index (χ1v) is 7.31. The molecular weight excluding hydrogens is 294 g/mol. The zero-order chi connectivity index (χ0) is 15.4. The van der Waals surface area contributed by atoms with Crippen molar-refractivity contribution in [2.75, 3.05) is 5.73 Å². The minimum atomic E-state index is 0.452. The van der Waals surface area contributed by atoms with Crippen LogP contribution in [0.2, 0.25) is 0 Å². The number of rotatable bonds is 3. The van der Waals surface area contributed by atoms with Gasteiger partial charge in [-0.3, -0.25) is 0 Å². The van der Waals surface area contributed by atoms with E-state index in [9.17, 15) is 0 Å². The summed E-state index contributed by atoms with van der Waals surface area (Å²) in [5.41, 5.74) is 8.72. The van der Waals surface area contributed by atoms with Gasteiger partial charge in [-0.05, 0) is 24.3 Å². The summed E-state index contributed by atoms with van der Waals surface area (Å²) in [5, 5.41) is 18.3. The maximum atomic E-state index is 8.78. The quantitative estimate of drug-likeness (QED) is 0.712. The molecule has 106 valence electrons. The molecule has 0 spiro atoms. The maximum absolute atomic E-state index is 8.78. The first kappa shape index (κ1) is 13.9. The van der Waals surface area contributed by atoms with E-state index in [1.165, 1.54) is 11.3 Å². The summed E-state index contributed by atoms with van der Waals surface area (Å²) in [4.78, 5) is 4.32. The van der Waals surface area contributed by atoms with Gasteiger partial charge >= 0.3 is 0 Å². The van der Waals surface area contributed by atoms with E-state index in [1.807, 2.05) is 30.3 Å². The van der Waals surface area contributed by atoms with Crippen LogP contribution in [-0.2, 0) is 0 Å². The Morgan fingerprint density at radius 1 is 1.00 bits per heavy atom. The number of aromatic nitrogens is 1. The monoisotopic (exact) mass is 305 g/mol. The zero-order valence-electron chi connectivity index (χ0n) is 11.5. The van der Waals surface area contributed by atoms with Crippen molar-refractivity contribution < 1.29 is 0 Å². The van der Waals surface area contributed by atoms with Gasteiger partial charge < -0.3 is 5.73 Å². The number of hydrogen-bond acceptors (Lipinski definition) is 6. The number of benzene rings is 2. The van der Waals surface area contributed by atoms with Crippen LogP contribution in [-0.4, -0.2) is 4.98 Å². The third kappa shape index (κ3) is 3.00. The zero-order valence-corrected chi connectivity index (χ0v) is 12.3. The third-order valence-corrected chi connectivity index (χ3v) is 3.69. The lowest BCUT2D eigenvalue weighted by molar-refractivity contribution is 1.24. The Labute approximate surface area is 131 Å². The van der Waals surface area contributed by atoms with Crippen molar-refractivity contribution in [3.05, 3.63) is 60.2 Å². The van der Waals surface area contributed by atoms with Crippen LogP contribution in [0.3, 0.4) is 0 Å². The van der Waals surface area contributed by atoms with E-state index in [1.54, 1.807) is 24.3 Å². The second-order valence-electron chi connectivity index (χ2n) is 4.43. The first-order chi connectivity index (χ1) is 10.8. The minimum absolute atomic E-state index is 0.452. The van der Waals surface area contributed by atoms with E-state index in [-0.39, 0.29) is 0 Å². The third-order valence-electron chi connectivity index (χ3n) is 2.93. The van der Waals surface area contributed by atoms with Crippen LogP contribution in [0, 0.1) is 11.3 Å². The fraction of sp³-hybridized carbons (Fsp3) is 0. The number of thiazole rings is 1. The summed E-state index contributed by atoms with van der Waals surface area (Å²) in [6, 6.07) is 18.7. The normalized spacial score (nSPS) is 10.7. The molecule has 0 radical (unpaired) electrons. The van der Waals surface area contributed by atoms with E-state index < -0.39 is 0 Å². The molecule has 0 bridgehead atoms. The lowest BCUT2D eigenvalue weighted by Gasteiger charge is -1.97. The van der Waals surface area contributed by atoms with Gasteiger partial charge in [0.05, 0.1) is 17.3 Å². The molecule has 0 amide bonds. The molecule has 2 aromatic carbocycles. The van der Waals surface area contributed by atoms with Crippen LogP contribution in [0.25, 0.3) is 11.3 Å². The van der Waals surface area contributed by atoms with Crippen LogP contribution >= 0.6 is 11.3 Å². The molecule has 0 aliphatic heterocycles. The van der Waals surface area contributed by atoms with Crippen molar-refractivity contribution in [3.8, 4) is 17.3 Å². The molecule has 22 heavy (non-hydrogen) atoms. The minimum Gasteiger partial charge on any atom is -0.375 e. The van der Waals surface area contributed by atoms with Gasteiger partial charge in [-0.1, -0.05) is 41.7 Å². The van der Waals surface area contributed by atoms with E-state index in [0.29, 0.717) is 21.4 Å². The van der Waals surface area contributed by atoms with Gasteiger partial charge in [0.15, 0.2) is 10.1 Å². The molecule has 3 aromatic rings. The number of anilines is 1. The van der Waals surface area contributed by atoms with Crippen molar-refractivity contribution in [1.29, 1.82) is 5.26 Å². The molecule has 0 saturated heterocycles. The van der Waals surface area contributed by atoms with E-state index >= 15 is 0 Å². The molecule has 2 N–H and O–H groups in total. The molecule has 3 rings (SSSR count). The van der Waals surface area contributed by atoms with E-state index in [4.69, 9.17) is 11.0 Å². The van der Waals surface area contributed by atoms with Gasteiger partial charge in [-0.25, -0.2) is 4.98 Å². The maximum Gasteiger partial charge on any atom is 0.182 e. The molecule has 6 heteroatoms. The van der Waals surface area contributed by atoms with Gasteiger partial charge in [0.25, 0.3) is 0 Å². The molecule has 0 fully saturated rings. The fourth-order valence-corrected chi connectivity index (χ4v) is 2.56. The van der Waals surface area contributed by atoms with Gasteiger partial charge in [0.1, 0.15) is 5.69 Å². The average Bonchev–Trinajstić information content (AvgIpc) is 2.95. The molecule has 0 aliphatic carbocycles. The van der Waals surface area contributed by atoms with Gasteiger partial charge in [-0.2, -0.15) is 5.26 Å². The summed E-state index contributed by atoms with van der Waals surface area (Å²) < 4.78 is 0. The molecule has 5 nitrogen and oxygen atoms in total. The summed E-state index contributed by atoms with van der Waals surface area (Å²) in [5.74, 6) is 0. The summed E-state index contributed by atoms with van der Waals surface area (Å²) in [6.45, 7) is 0. The molecule has 0 aliphatic rings. The number of nitrogens with two attached hydrogens (primary N) is 1. The van der Waals surface area contributed by atoms with Crippen molar-refractivity contribution in [2.24, 2.45) is 10.2 Å². The van der Waals surface area contributed by atoms with Crippen LogP contribution < -0.4 is 5.73 Å². The molecule has 0 atom stereocenters. The van der Waals surface area contributed by atoms with Gasteiger partial charge in [-0.15, -0.1) is 10.2 Å². The molecule has 1 heterocycles. The molecule has 0 saturated carbocycles. The van der Waals surface area contributed by atoms with Crippen LogP contribution in [0.5, 0.6) is 0 Å². The first-order valence-electron chi connectivity index (χ1n) is 6.50. The second kappa shape index (κ2) is 6.16. The standard InChI is InChI=1S/C16H11N5S/c17-10-11-6-8-13(9-7-11)20-21-15-14(19-16(18)22-15)12-4-2-1-3-5-12/h1-9H,(H2,18,19). The topological polar surface area (TPSA) is 87.4 Å². The van der Waals surface area contributed by atoms with Gasteiger partial charge in [0, 0.05) is 5.56 Å². The smallest absolute Gasteiger partial charge is 0.182 e.